The number of thiophene rings is 1. The van der Waals surface area contributed by atoms with Crippen LogP contribution in [0.1, 0.15) is 49.3 Å². The standard InChI is InChI=1S/C31H22NS.C17H22NSi.Ir/c1-2-8-20(9-3-1)24-16-17-26(28-18-22-11-4-5-12-23(22)19-32-28)31-29(24)27-15-14-21-10-6-7-13-25(21)30(27)33-31;1-13(2)15-11-16(14-9-7-6-8-10-14)18-12-17(15)19(3,4)5;/h1-5,8-9,11-12,14-16,18-19H,6-7,10,13H2;6-9,11-13H,1-5H3;/q2*-1;. The van der Waals surface area contributed by atoms with E-state index in [0.29, 0.717) is 5.92 Å². The van der Waals surface area contributed by atoms with Crippen molar-refractivity contribution in [3.63, 3.8) is 0 Å². The van der Waals surface area contributed by atoms with E-state index in [-0.39, 0.29) is 20.1 Å². The number of hydrogen-bond donors (Lipinski definition) is 0. The van der Waals surface area contributed by atoms with Crippen LogP contribution in [0, 0.1) is 12.1 Å². The molecule has 8 aromatic rings. The molecular formula is C48H44IrN2SSi-2. The van der Waals surface area contributed by atoms with E-state index in [1.165, 1.54) is 84.1 Å². The molecule has 1 aliphatic carbocycles. The van der Waals surface area contributed by atoms with Crippen LogP contribution in [-0.2, 0) is 32.9 Å². The third kappa shape index (κ3) is 7.46. The number of fused-ring (bicyclic) bond motifs is 6. The van der Waals surface area contributed by atoms with E-state index < -0.39 is 8.07 Å². The molecule has 0 N–H and O–H groups in total. The molecule has 0 saturated carbocycles. The van der Waals surface area contributed by atoms with Crippen molar-refractivity contribution >= 4 is 55.5 Å². The molecule has 0 saturated heterocycles. The first-order valence-electron chi connectivity index (χ1n) is 18.6. The zero-order valence-electron chi connectivity index (χ0n) is 31.1. The maximum absolute atomic E-state index is 4.86. The van der Waals surface area contributed by atoms with Gasteiger partial charge in [-0.2, -0.15) is 11.3 Å². The van der Waals surface area contributed by atoms with Gasteiger partial charge in [-0.05, 0) is 80.2 Å². The van der Waals surface area contributed by atoms with Gasteiger partial charge in [-0.25, -0.2) is 0 Å². The van der Waals surface area contributed by atoms with E-state index in [1.54, 1.807) is 5.56 Å². The Labute approximate surface area is 332 Å². The number of hydrogen-bond acceptors (Lipinski definition) is 3. The van der Waals surface area contributed by atoms with E-state index in [1.807, 2.05) is 35.7 Å². The maximum Gasteiger partial charge on any atom is 0.0799 e. The Morgan fingerprint density at radius 3 is 2.21 bits per heavy atom. The Morgan fingerprint density at radius 1 is 0.717 bits per heavy atom. The summed E-state index contributed by atoms with van der Waals surface area (Å²) in [4.78, 5) is 9.52. The molecular weight excluding hydrogens is 857 g/mol. The van der Waals surface area contributed by atoms with E-state index in [0.717, 1.165) is 22.5 Å². The van der Waals surface area contributed by atoms with Gasteiger partial charge in [0.1, 0.15) is 0 Å². The Bertz CT molecular complexity index is 2530. The molecule has 3 heterocycles. The van der Waals surface area contributed by atoms with Crippen molar-refractivity contribution < 1.29 is 20.1 Å². The summed E-state index contributed by atoms with van der Waals surface area (Å²) in [6, 6.07) is 45.5. The molecule has 2 nitrogen and oxygen atoms in total. The van der Waals surface area contributed by atoms with Crippen molar-refractivity contribution in [2.45, 2.75) is 65.1 Å². The Kier molecular flexibility index (Phi) is 10.9. The zero-order chi connectivity index (χ0) is 35.8. The molecule has 0 spiro atoms. The van der Waals surface area contributed by atoms with Gasteiger partial charge in [-0.3, -0.25) is 0 Å². The van der Waals surface area contributed by atoms with E-state index in [4.69, 9.17) is 4.98 Å². The van der Waals surface area contributed by atoms with E-state index >= 15 is 0 Å². The van der Waals surface area contributed by atoms with E-state index in [9.17, 15) is 0 Å². The fourth-order valence-electron chi connectivity index (χ4n) is 7.64. The van der Waals surface area contributed by atoms with Gasteiger partial charge in [-0.1, -0.05) is 134 Å². The monoisotopic (exact) mass is 901 g/mol. The van der Waals surface area contributed by atoms with Crippen molar-refractivity contribution in [2.75, 3.05) is 0 Å². The fraction of sp³-hybridized carbons (Fsp3) is 0.208. The molecule has 5 heteroatoms. The molecule has 1 aliphatic rings. The first kappa shape index (κ1) is 37.1. The van der Waals surface area contributed by atoms with Gasteiger partial charge in [0.2, 0.25) is 0 Å². The largest absolute Gasteiger partial charge is 0.305 e. The predicted molar refractivity (Wildman–Crippen MR) is 227 cm³/mol. The van der Waals surface area contributed by atoms with Crippen LogP contribution in [0.15, 0.2) is 122 Å². The summed E-state index contributed by atoms with van der Waals surface area (Å²) in [5.41, 5.74) is 11.3. The molecule has 0 unspecified atom stereocenters. The smallest absolute Gasteiger partial charge is 0.0799 e. The average molecular weight is 901 g/mol. The predicted octanol–water partition coefficient (Wildman–Crippen LogP) is 12.8. The number of rotatable bonds is 5. The summed E-state index contributed by atoms with van der Waals surface area (Å²) >= 11 is 1.94. The second kappa shape index (κ2) is 15.6. The van der Waals surface area contributed by atoms with Gasteiger partial charge in [-0.15, -0.1) is 53.6 Å². The third-order valence-electron chi connectivity index (χ3n) is 10.4. The molecule has 1 radical (unpaired) electrons. The molecule has 0 fully saturated rings. The van der Waals surface area contributed by atoms with Gasteiger partial charge in [0, 0.05) is 37.2 Å². The molecule has 0 aliphatic heterocycles. The van der Waals surface area contributed by atoms with Crippen LogP contribution >= 0.6 is 11.3 Å². The summed E-state index contributed by atoms with van der Waals surface area (Å²) < 4.78 is 2.76. The van der Waals surface area contributed by atoms with Crippen LogP contribution in [-0.4, -0.2) is 18.0 Å². The number of pyridine rings is 2. The Hall–Kier alpha value is -4.25. The second-order valence-corrected chi connectivity index (χ2v) is 21.4. The first-order valence-corrected chi connectivity index (χ1v) is 22.9. The fourth-order valence-corrected chi connectivity index (χ4v) is 10.7. The van der Waals surface area contributed by atoms with Gasteiger partial charge in [0.15, 0.2) is 0 Å². The molecule has 0 amide bonds. The SMILES string of the molecule is CC(C)c1cc(-c2[c-]cccc2)ncc1[Si](C)(C)C.[Ir].[c-]1cc(-c2ccccc2)c2c(sc3c4c(ccc32)CCCC4)c1-c1cc2ccccc2cn1. The minimum Gasteiger partial charge on any atom is -0.305 e. The van der Waals surface area contributed by atoms with Gasteiger partial charge in [0.05, 0.1) is 8.07 Å². The summed E-state index contributed by atoms with van der Waals surface area (Å²) in [5.74, 6) is 0.534. The zero-order valence-corrected chi connectivity index (χ0v) is 35.3. The number of aromatic nitrogens is 2. The van der Waals surface area contributed by atoms with Crippen LogP contribution in [0.4, 0.5) is 0 Å². The molecule has 9 rings (SSSR count). The van der Waals surface area contributed by atoms with Crippen LogP contribution in [0.2, 0.25) is 19.6 Å². The summed E-state index contributed by atoms with van der Waals surface area (Å²) in [7, 11) is -1.34. The van der Waals surface area contributed by atoms with Crippen molar-refractivity contribution in [3.05, 3.63) is 150 Å². The quantitative estimate of drug-likeness (QED) is 0.127. The molecule has 0 bridgehead atoms. The van der Waals surface area contributed by atoms with Crippen LogP contribution < -0.4 is 5.19 Å². The van der Waals surface area contributed by atoms with Crippen molar-refractivity contribution in [2.24, 2.45) is 0 Å². The Balaban J connectivity index is 0.000000187. The molecule has 3 aromatic heterocycles. The third-order valence-corrected chi connectivity index (χ3v) is 13.7. The number of aryl methyl sites for hydroxylation is 2. The number of nitrogens with zero attached hydrogens (tertiary/aromatic N) is 2. The maximum atomic E-state index is 4.86. The van der Waals surface area contributed by atoms with Gasteiger partial charge in [0.25, 0.3) is 0 Å². The van der Waals surface area contributed by atoms with Crippen molar-refractivity contribution in [3.8, 4) is 33.6 Å². The molecule has 53 heavy (non-hydrogen) atoms. The molecule has 267 valence electrons. The van der Waals surface area contributed by atoms with Crippen LogP contribution in [0.3, 0.4) is 0 Å². The molecule has 0 atom stereocenters. The summed E-state index contributed by atoms with van der Waals surface area (Å²) in [6.07, 6.45) is 9.07. The minimum absolute atomic E-state index is 0. The van der Waals surface area contributed by atoms with Crippen molar-refractivity contribution in [1.82, 2.24) is 9.97 Å². The topological polar surface area (TPSA) is 25.8 Å². The minimum atomic E-state index is -1.34. The summed E-state index contributed by atoms with van der Waals surface area (Å²) in [6.45, 7) is 11.7. The Morgan fingerprint density at radius 2 is 1.45 bits per heavy atom. The second-order valence-electron chi connectivity index (χ2n) is 15.3. The van der Waals surface area contributed by atoms with Crippen LogP contribution in [0.25, 0.3) is 64.6 Å². The average Bonchev–Trinajstić information content (AvgIpc) is 3.58. The summed E-state index contributed by atoms with van der Waals surface area (Å²) in [5, 5.41) is 6.59. The molecule has 5 aromatic carbocycles. The number of benzene rings is 5. The van der Waals surface area contributed by atoms with Gasteiger partial charge < -0.3 is 9.97 Å². The van der Waals surface area contributed by atoms with E-state index in [2.05, 4.69) is 148 Å². The first-order chi connectivity index (χ1) is 25.3. The van der Waals surface area contributed by atoms with Gasteiger partial charge >= 0.3 is 0 Å². The van der Waals surface area contributed by atoms with Crippen LogP contribution in [0.5, 0.6) is 0 Å². The van der Waals surface area contributed by atoms with Crippen molar-refractivity contribution in [1.29, 1.82) is 0 Å². The normalized spacial score (nSPS) is 12.7.